The summed E-state index contributed by atoms with van der Waals surface area (Å²) in [5.41, 5.74) is 9.37. The predicted octanol–water partition coefficient (Wildman–Crippen LogP) is 4.46. The molecule has 0 unspecified atom stereocenters. The summed E-state index contributed by atoms with van der Waals surface area (Å²) in [6.45, 7) is 1.94. The lowest BCUT2D eigenvalue weighted by molar-refractivity contribution is -0.137. The molecule has 0 saturated carbocycles. The minimum absolute atomic E-state index is 0.0855. The van der Waals surface area contributed by atoms with Crippen LogP contribution < -0.4 is 5.73 Å². The fourth-order valence-corrected chi connectivity index (χ4v) is 4.47. The normalized spacial score (nSPS) is 15.7. The molecule has 0 spiro atoms. The highest BCUT2D eigenvalue weighted by Crippen LogP contribution is 2.30. The molecule has 1 atom stereocenters. The number of hydrogen-bond donors (Lipinski definition) is 2. The second-order valence-electron chi connectivity index (χ2n) is 8.79. The Morgan fingerprint density at radius 1 is 1.20 bits per heavy atom. The van der Waals surface area contributed by atoms with Crippen molar-refractivity contribution >= 4 is 22.6 Å². The molecular formula is C25H23F3N6O. The highest BCUT2D eigenvalue weighted by Gasteiger charge is 2.32. The van der Waals surface area contributed by atoms with Crippen molar-refractivity contribution in [2.45, 2.75) is 44.9 Å². The highest BCUT2D eigenvalue weighted by atomic mass is 19.4. The van der Waals surface area contributed by atoms with Crippen LogP contribution in [0.25, 0.3) is 10.9 Å². The highest BCUT2D eigenvalue weighted by molar-refractivity contribution is 5.98. The quantitative estimate of drug-likeness (QED) is 0.449. The van der Waals surface area contributed by atoms with Crippen LogP contribution in [0, 0.1) is 6.92 Å². The molecule has 35 heavy (non-hydrogen) atoms. The van der Waals surface area contributed by atoms with Crippen molar-refractivity contribution in [2.75, 3.05) is 5.73 Å². The van der Waals surface area contributed by atoms with Crippen molar-refractivity contribution in [3.05, 3.63) is 82.7 Å². The summed E-state index contributed by atoms with van der Waals surface area (Å²) in [4.78, 5) is 31.3. The van der Waals surface area contributed by atoms with Crippen LogP contribution >= 0.6 is 0 Å². The van der Waals surface area contributed by atoms with E-state index in [2.05, 4.69) is 19.9 Å². The Bertz CT molecular complexity index is 1400. The van der Waals surface area contributed by atoms with E-state index >= 15 is 0 Å². The van der Waals surface area contributed by atoms with Gasteiger partial charge >= 0.3 is 6.18 Å². The molecular weight excluding hydrogens is 457 g/mol. The third kappa shape index (κ3) is 4.55. The summed E-state index contributed by atoms with van der Waals surface area (Å²) < 4.78 is 39.0. The number of carbonyl (C=O) groups excluding carboxylic acids is 1. The Labute approximate surface area is 199 Å². The van der Waals surface area contributed by atoms with E-state index < -0.39 is 11.7 Å². The van der Waals surface area contributed by atoms with E-state index in [0.29, 0.717) is 41.9 Å². The maximum atomic E-state index is 13.8. The van der Waals surface area contributed by atoms with Gasteiger partial charge in [0.15, 0.2) is 0 Å². The minimum Gasteiger partial charge on any atom is -0.383 e. The number of aryl methyl sites for hydroxylation is 2. The summed E-state index contributed by atoms with van der Waals surface area (Å²) in [7, 11) is 0. The van der Waals surface area contributed by atoms with Gasteiger partial charge in [0.05, 0.1) is 35.3 Å². The fourth-order valence-electron chi connectivity index (χ4n) is 4.47. The number of aromatic nitrogens is 4. The third-order valence-electron chi connectivity index (χ3n) is 6.44. The summed E-state index contributed by atoms with van der Waals surface area (Å²) in [6.07, 6.45) is -0.0564. The van der Waals surface area contributed by atoms with Gasteiger partial charge in [-0.1, -0.05) is 0 Å². The lowest BCUT2D eigenvalue weighted by atomic mass is 9.93. The summed E-state index contributed by atoms with van der Waals surface area (Å²) in [5, 5.41) is 0.787. The Hall–Kier alpha value is -3.95. The molecule has 1 amide bonds. The summed E-state index contributed by atoms with van der Waals surface area (Å²) in [6, 6.07) is 9.26. The number of halogens is 3. The number of amides is 1. The van der Waals surface area contributed by atoms with E-state index in [1.807, 2.05) is 13.0 Å². The van der Waals surface area contributed by atoms with Crippen molar-refractivity contribution in [1.82, 2.24) is 24.8 Å². The van der Waals surface area contributed by atoms with Crippen LogP contribution in [0.4, 0.5) is 19.0 Å². The van der Waals surface area contributed by atoms with Gasteiger partial charge in [-0.3, -0.25) is 9.78 Å². The number of rotatable bonds is 4. The molecule has 1 aromatic carbocycles. The Morgan fingerprint density at radius 3 is 2.77 bits per heavy atom. The first-order chi connectivity index (χ1) is 16.7. The Kier molecular flexibility index (Phi) is 5.66. The number of carbonyl (C=O) groups is 1. The van der Waals surface area contributed by atoms with Gasteiger partial charge in [-0.15, -0.1) is 0 Å². The third-order valence-corrected chi connectivity index (χ3v) is 6.44. The zero-order valence-electron chi connectivity index (χ0n) is 18.9. The number of nitrogens with zero attached hydrogens (tertiary/aromatic N) is 4. The average molecular weight is 480 g/mol. The van der Waals surface area contributed by atoms with Gasteiger partial charge in [-0.2, -0.15) is 13.2 Å². The van der Waals surface area contributed by atoms with Crippen molar-refractivity contribution < 1.29 is 18.0 Å². The van der Waals surface area contributed by atoms with E-state index in [4.69, 9.17) is 5.73 Å². The molecule has 0 bridgehead atoms. The Balaban J connectivity index is 1.48. The van der Waals surface area contributed by atoms with Crippen molar-refractivity contribution in [2.24, 2.45) is 0 Å². The molecule has 7 nitrogen and oxygen atoms in total. The molecule has 0 saturated heterocycles. The fraction of sp³-hybridized carbons (Fsp3) is 0.280. The molecule has 180 valence electrons. The van der Waals surface area contributed by atoms with Gasteiger partial charge in [-0.25, -0.2) is 9.97 Å². The summed E-state index contributed by atoms with van der Waals surface area (Å²) >= 11 is 0. The molecule has 0 aliphatic heterocycles. The van der Waals surface area contributed by atoms with Gasteiger partial charge in [0.25, 0.3) is 5.91 Å². The van der Waals surface area contributed by atoms with Crippen LogP contribution in [-0.4, -0.2) is 36.8 Å². The number of aromatic amines is 1. The minimum atomic E-state index is -4.47. The maximum Gasteiger partial charge on any atom is 0.417 e. The van der Waals surface area contributed by atoms with Crippen molar-refractivity contribution in [3.63, 3.8) is 0 Å². The van der Waals surface area contributed by atoms with Crippen LogP contribution in [-0.2, 0) is 25.6 Å². The van der Waals surface area contributed by atoms with Gasteiger partial charge in [0.2, 0.25) is 0 Å². The topological polar surface area (TPSA) is 101 Å². The van der Waals surface area contributed by atoms with Crippen LogP contribution in [0.15, 0.2) is 48.9 Å². The summed E-state index contributed by atoms with van der Waals surface area (Å²) in [5.74, 6) is 0.209. The van der Waals surface area contributed by atoms with E-state index in [9.17, 15) is 18.0 Å². The second kappa shape index (κ2) is 8.68. The van der Waals surface area contributed by atoms with Crippen molar-refractivity contribution in [3.8, 4) is 0 Å². The second-order valence-corrected chi connectivity index (χ2v) is 8.79. The maximum absolute atomic E-state index is 13.8. The van der Waals surface area contributed by atoms with Gasteiger partial charge in [0.1, 0.15) is 5.82 Å². The van der Waals surface area contributed by atoms with Crippen LogP contribution in [0.3, 0.4) is 0 Å². The molecule has 5 rings (SSSR count). The number of imidazole rings is 1. The average Bonchev–Trinajstić information content (AvgIpc) is 3.30. The van der Waals surface area contributed by atoms with E-state index in [1.165, 1.54) is 6.07 Å². The standard InChI is InChI=1S/C25H23F3N6O/c1-14-8-16-9-15(2-6-20(16)33-23(14)29)24(35)34(19-5-7-21-22(10-19)32-13-31-21)12-18-4-3-17(11-30-18)25(26,27)28/h2-4,6,8-9,11,13,19H,5,7,10,12H2,1H3,(H2,29,33)(H,31,32)/t19-/m1/s1. The first kappa shape index (κ1) is 22.8. The molecule has 3 heterocycles. The van der Waals surface area contributed by atoms with E-state index in [0.717, 1.165) is 34.6 Å². The Morgan fingerprint density at radius 2 is 2.03 bits per heavy atom. The first-order valence-electron chi connectivity index (χ1n) is 11.2. The van der Waals surface area contributed by atoms with E-state index in [1.54, 1.807) is 29.4 Å². The van der Waals surface area contributed by atoms with Gasteiger partial charge in [0, 0.05) is 35.3 Å². The lowest BCUT2D eigenvalue weighted by Gasteiger charge is -2.34. The smallest absolute Gasteiger partial charge is 0.383 e. The number of anilines is 1. The number of benzene rings is 1. The molecule has 0 fully saturated rings. The van der Waals surface area contributed by atoms with Gasteiger partial charge in [-0.05, 0) is 61.7 Å². The number of nitrogens with one attached hydrogen (secondary N) is 1. The van der Waals surface area contributed by atoms with Crippen LogP contribution in [0.5, 0.6) is 0 Å². The molecule has 10 heteroatoms. The number of fused-ring (bicyclic) bond motifs is 2. The molecule has 1 aliphatic rings. The molecule has 0 radical (unpaired) electrons. The first-order valence-corrected chi connectivity index (χ1v) is 11.2. The predicted molar refractivity (Wildman–Crippen MR) is 124 cm³/mol. The number of nitrogens with two attached hydrogens (primary N) is 1. The number of H-pyrrole nitrogens is 1. The van der Waals surface area contributed by atoms with Crippen molar-refractivity contribution in [1.29, 1.82) is 0 Å². The molecule has 3 N–H and O–H groups in total. The largest absolute Gasteiger partial charge is 0.417 e. The zero-order valence-corrected chi connectivity index (χ0v) is 18.9. The molecule has 3 aromatic heterocycles. The number of hydrogen-bond acceptors (Lipinski definition) is 5. The number of pyridine rings is 2. The number of nitrogen functional groups attached to an aromatic ring is 1. The SMILES string of the molecule is Cc1cc2cc(C(=O)N(Cc3ccc(C(F)(F)F)cn3)[C@@H]3CCc4nc[nH]c4C3)ccc2nc1N. The zero-order chi connectivity index (χ0) is 24.7. The lowest BCUT2D eigenvalue weighted by Crippen LogP contribution is -2.43. The molecule has 4 aromatic rings. The van der Waals surface area contributed by atoms with E-state index in [-0.39, 0.29) is 18.5 Å². The monoisotopic (exact) mass is 480 g/mol. The molecule has 1 aliphatic carbocycles. The van der Waals surface area contributed by atoms with Crippen LogP contribution in [0.2, 0.25) is 0 Å². The van der Waals surface area contributed by atoms with Crippen LogP contribution in [0.1, 0.15) is 45.0 Å². The number of alkyl halides is 3. The van der Waals surface area contributed by atoms with Gasteiger partial charge < -0.3 is 15.6 Å².